The molecule has 0 spiro atoms. The molecule has 2 rings (SSSR count). The Bertz CT molecular complexity index is 1890. The molecular formula is C60H98CaO14S2. The second-order valence-electron chi connectivity index (χ2n) is 20.2. The normalized spacial score (nSPS) is 11.3. The van der Waals surface area contributed by atoms with Crippen LogP contribution >= 0.6 is 0 Å². The van der Waals surface area contributed by atoms with Crippen molar-refractivity contribution in [3.63, 3.8) is 0 Å². The summed E-state index contributed by atoms with van der Waals surface area (Å²) in [6.45, 7) is 5.08. The van der Waals surface area contributed by atoms with E-state index in [1.54, 1.807) is 24.3 Å². The van der Waals surface area contributed by atoms with Gasteiger partial charge in [0.25, 0.3) is 0 Å². The molecule has 0 N–H and O–H groups in total. The molecule has 0 heterocycles. The number of hydrogen-bond acceptors (Lipinski definition) is 14. The van der Waals surface area contributed by atoms with Crippen LogP contribution in [0.15, 0.2) is 48.5 Å². The van der Waals surface area contributed by atoms with Crippen LogP contribution in [0.1, 0.15) is 286 Å². The molecule has 0 saturated heterocycles. The molecule has 0 fully saturated rings. The molecule has 0 aromatic heterocycles. The molecule has 0 atom stereocenters. The van der Waals surface area contributed by atoms with E-state index in [1.807, 2.05) is 0 Å². The van der Waals surface area contributed by atoms with Crippen molar-refractivity contribution in [3.8, 4) is 0 Å². The fourth-order valence-corrected chi connectivity index (χ4v) is 9.83. The molecule has 0 saturated carbocycles. The Morgan fingerprint density at radius 2 is 0.481 bits per heavy atom. The molecule has 77 heavy (non-hydrogen) atoms. The van der Waals surface area contributed by atoms with Crippen molar-refractivity contribution in [3.05, 3.63) is 70.8 Å². The Morgan fingerprint density at radius 3 is 0.662 bits per heavy atom. The third-order valence-corrected chi connectivity index (χ3v) is 14.8. The van der Waals surface area contributed by atoms with Gasteiger partial charge in [0.15, 0.2) is 0 Å². The summed E-state index contributed by atoms with van der Waals surface area (Å²) >= 11 is 0. The number of ether oxygens (including phenoxy) is 4. The number of carbonyl (C=O) groups is 4. The molecule has 2 aromatic carbocycles. The van der Waals surface area contributed by atoms with E-state index < -0.39 is 55.6 Å². The van der Waals surface area contributed by atoms with Gasteiger partial charge in [0.2, 0.25) is 0 Å². The molecule has 0 aliphatic carbocycles. The van der Waals surface area contributed by atoms with Gasteiger partial charge in [-0.25, -0.2) is 36.0 Å². The van der Waals surface area contributed by atoms with Gasteiger partial charge in [-0.3, -0.25) is 0 Å². The molecular weight excluding hydrogens is 1050 g/mol. The van der Waals surface area contributed by atoms with Crippen molar-refractivity contribution >= 4 is 81.9 Å². The monoisotopic (exact) mass is 1150 g/mol. The van der Waals surface area contributed by atoms with Gasteiger partial charge in [-0.2, -0.15) is 0 Å². The van der Waals surface area contributed by atoms with Gasteiger partial charge in [0.05, 0.1) is 68.9 Å². The van der Waals surface area contributed by atoms with Crippen molar-refractivity contribution in [2.45, 2.75) is 245 Å². The third-order valence-electron chi connectivity index (χ3n) is 13.2. The second kappa shape index (κ2) is 50.4. The fraction of sp³-hybridized carbons (Fsp3) is 0.733. The molecule has 0 aliphatic heterocycles. The molecule has 14 nitrogen and oxygen atoms in total. The van der Waals surface area contributed by atoms with Crippen LogP contribution < -0.4 is 0 Å². The van der Waals surface area contributed by atoms with E-state index in [2.05, 4.69) is 13.8 Å². The Morgan fingerprint density at radius 1 is 0.312 bits per heavy atom. The van der Waals surface area contributed by atoms with Crippen LogP contribution in [0, 0.1) is 0 Å². The second-order valence-corrected chi connectivity index (χ2v) is 23.2. The first-order valence-corrected chi connectivity index (χ1v) is 32.6. The van der Waals surface area contributed by atoms with Gasteiger partial charge < -0.3 is 28.1 Å². The maximum absolute atomic E-state index is 12.5. The number of unbranched alkanes of at least 4 members (excludes halogenated alkanes) is 32. The van der Waals surface area contributed by atoms with Crippen molar-refractivity contribution in [1.29, 1.82) is 0 Å². The van der Waals surface area contributed by atoms with Crippen LogP contribution in [0.5, 0.6) is 0 Å². The smallest absolute Gasteiger partial charge is 0.748 e. The minimum absolute atomic E-state index is 0. The van der Waals surface area contributed by atoms with E-state index >= 15 is 0 Å². The SMILES string of the molecule is CCCCCCCCCCCCCCCCCCOC(=O)c1ccccc1C(=O)OCCCCS(=O)(=O)[O-].CCCCCCCCCCCCCCCCCCOC(=O)c1ccccc1C(=O)OCCCCS(=O)(=O)[O-].[Ca+2]. The van der Waals surface area contributed by atoms with E-state index in [0.717, 1.165) is 38.5 Å². The van der Waals surface area contributed by atoms with Crippen LogP contribution in [-0.2, 0) is 39.2 Å². The third kappa shape index (κ3) is 44.8. The molecule has 0 aliphatic rings. The van der Waals surface area contributed by atoms with E-state index in [-0.39, 0.29) is 98.9 Å². The molecule has 436 valence electrons. The molecule has 17 heteroatoms. The first-order chi connectivity index (χ1) is 36.7. The van der Waals surface area contributed by atoms with Crippen molar-refractivity contribution in [2.75, 3.05) is 37.9 Å². The summed E-state index contributed by atoms with van der Waals surface area (Å²) in [5, 5.41) is 0. The van der Waals surface area contributed by atoms with Crippen LogP contribution in [0.4, 0.5) is 0 Å². The Labute approximate surface area is 495 Å². The van der Waals surface area contributed by atoms with Gasteiger partial charge in [-0.15, -0.1) is 0 Å². The zero-order valence-electron chi connectivity index (χ0n) is 47.6. The van der Waals surface area contributed by atoms with Gasteiger partial charge in [-0.05, 0) is 62.8 Å². The predicted molar refractivity (Wildman–Crippen MR) is 306 cm³/mol. The van der Waals surface area contributed by atoms with Crippen LogP contribution in [0.25, 0.3) is 0 Å². The summed E-state index contributed by atoms with van der Waals surface area (Å²) in [4.78, 5) is 49.7. The van der Waals surface area contributed by atoms with Gasteiger partial charge in [0, 0.05) is 11.5 Å². The van der Waals surface area contributed by atoms with E-state index in [9.17, 15) is 45.1 Å². The van der Waals surface area contributed by atoms with E-state index in [1.165, 1.54) is 191 Å². The summed E-state index contributed by atoms with van der Waals surface area (Å²) < 4.78 is 84.7. The first kappa shape index (κ1) is 74.4. The van der Waals surface area contributed by atoms with E-state index in [0.29, 0.717) is 13.2 Å². The van der Waals surface area contributed by atoms with Crippen molar-refractivity contribution in [2.24, 2.45) is 0 Å². The van der Waals surface area contributed by atoms with Crippen LogP contribution in [0.2, 0.25) is 0 Å². The van der Waals surface area contributed by atoms with Crippen LogP contribution in [-0.4, -0.2) is 125 Å². The summed E-state index contributed by atoms with van der Waals surface area (Å²) in [6, 6.07) is 12.6. The molecule has 0 amide bonds. The molecule has 0 radical (unpaired) electrons. The number of hydrogen-bond donors (Lipinski definition) is 0. The van der Waals surface area contributed by atoms with Gasteiger partial charge in [0.1, 0.15) is 0 Å². The number of benzene rings is 2. The Hall–Kier alpha value is -2.60. The number of rotatable bonds is 48. The van der Waals surface area contributed by atoms with Gasteiger partial charge in [-0.1, -0.05) is 231 Å². The van der Waals surface area contributed by atoms with Crippen LogP contribution in [0.3, 0.4) is 0 Å². The summed E-state index contributed by atoms with van der Waals surface area (Å²) in [5.41, 5.74) is 0.522. The van der Waals surface area contributed by atoms with E-state index in [4.69, 9.17) is 18.9 Å². The summed E-state index contributed by atoms with van der Waals surface area (Å²) in [5.74, 6) is -3.46. The zero-order chi connectivity index (χ0) is 55.8. The standard InChI is InChI=1S/2C30H50O7S.Ca/c2*1-2-3-4-5-6-7-8-9-10-11-12-13-14-15-16-19-24-36-29(31)27-22-17-18-23-28(27)30(32)37-25-20-21-26-38(33,34)35;/h2*17-18,22-23H,2-16,19-21,24-26H2,1H3,(H,33,34,35);/q;;+2/p-2. The average molecular weight is 1150 g/mol. The topological polar surface area (TPSA) is 220 Å². The van der Waals surface area contributed by atoms with Crippen molar-refractivity contribution < 1.29 is 64.1 Å². The Balaban J connectivity index is 0.00000148. The minimum atomic E-state index is -4.27. The molecule has 0 unspecified atom stereocenters. The fourth-order valence-electron chi connectivity index (χ4n) is 8.71. The predicted octanol–water partition coefficient (Wildman–Crippen LogP) is 14.8. The molecule has 2 aromatic rings. The zero-order valence-corrected chi connectivity index (χ0v) is 51.4. The number of carbonyl (C=O) groups excluding carboxylic acids is 4. The summed E-state index contributed by atoms with van der Waals surface area (Å²) in [7, 11) is -8.55. The summed E-state index contributed by atoms with van der Waals surface area (Å²) in [6.07, 6.45) is 41.6. The average Bonchev–Trinajstić information content (AvgIpc) is 3.39. The minimum Gasteiger partial charge on any atom is -0.748 e. The quantitative estimate of drug-likeness (QED) is 0.0198. The first-order valence-electron chi connectivity index (χ1n) is 29.4. The number of esters is 4. The van der Waals surface area contributed by atoms with Gasteiger partial charge >= 0.3 is 61.6 Å². The maximum atomic E-state index is 12.5. The Kier molecular flexibility index (Phi) is 48.7. The maximum Gasteiger partial charge on any atom is 2.00 e. The molecule has 0 bridgehead atoms. The van der Waals surface area contributed by atoms with Crippen molar-refractivity contribution in [1.82, 2.24) is 0 Å². The largest absolute Gasteiger partial charge is 2.00 e.